The summed E-state index contributed by atoms with van der Waals surface area (Å²) in [5.74, 6) is 0. The Labute approximate surface area is 106 Å². The van der Waals surface area contributed by atoms with Gasteiger partial charge in [0.05, 0.1) is 16.2 Å². The summed E-state index contributed by atoms with van der Waals surface area (Å²) >= 11 is 7.65. The molecule has 0 amide bonds. The first-order valence-corrected chi connectivity index (χ1v) is 6.68. The zero-order valence-corrected chi connectivity index (χ0v) is 11.6. The van der Waals surface area contributed by atoms with Gasteiger partial charge in [0.1, 0.15) is 0 Å². The van der Waals surface area contributed by atoms with Crippen LogP contribution < -0.4 is 5.32 Å². The molecule has 2 nitrogen and oxygen atoms in total. The lowest BCUT2D eigenvalue weighted by Gasteiger charge is -2.16. The predicted octanol–water partition coefficient (Wildman–Crippen LogP) is 4.27. The van der Waals surface area contributed by atoms with E-state index >= 15 is 0 Å². The van der Waals surface area contributed by atoms with Crippen LogP contribution in [0.25, 0.3) is 0 Å². The highest BCUT2D eigenvalue weighted by Crippen LogP contribution is 2.22. The first-order valence-electron chi connectivity index (χ1n) is 5.08. The fraction of sp³-hybridized carbons (Fsp3) is 0.417. The Bertz CT molecular complexity index is 383. The summed E-state index contributed by atoms with van der Waals surface area (Å²) in [5, 5.41) is 4.82. The molecule has 0 bridgehead atoms. The Morgan fingerprint density at radius 1 is 1.31 bits per heavy atom. The smallest absolute Gasteiger partial charge is 0.161 e. The average Bonchev–Trinajstić information content (AvgIpc) is 2.18. The van der Waals surface area contributed by atoms with Crippen LogP contribution in [-0.4, -0.2) is 17.0 Å². The number of hydrogen-bond donors (Lipinski definition) is 1. The second-order valence-corrected chi connectivity index (χ2v) is 5.60. The van der Waals surface area contributed by atoms with Crippen LogP contribution in [-0.2, 0) is 0 Å². The lowest BCUT2D eigenvalue weighted by Crippen LogP contribution is -2.17. The van der Waals surface area contributed by atoms with Crippen molar-refractivity contribution in [3.8, 4) is 0 Å². The number of para-hydroxylation sites is 1. The highest BCUT2D eigenvalue weighted by Gasteiger charge is 2.10. The van der Waals surface area contributed by atoms with Crippen LogP contribution in [0.4, 0.5) is 5.69 Å². The number of aliphatic imine (C=N–C) groups is 1. The maximum Gasteiger partial charge on any atom is 0.161 e. The summed E-state index contributed by atoms with van der Waals surface area (Å²) in [5.41, 5.74) is 0.800. The molecule has 0 aliphatic rings. The van der Waals surface area contributed by atoms with Crippen molar-refractivity contribution in [2.45, 2.75) is 26.3 Å². The van der Waals surface area contributed by atoms with Crippen molar-refractivity contribution in [2.75, 3.05) is 11.6 Å². The van der Waals surface area contributed by atoms with Gasteiger partial charge in [-0.1, -0.05) is 35.5 Å². The van der Waals surface area contributed by atoms with E-state index in [4.69, 9.17) is 11.6 Å². The number of benzene rings is 1. The quantitative estimate of drug-likeness (QED) is 0.599. The molecular weight excluding hydrogens is 240 g/mol. The van der Waals surface area contributed by atoms with Gasteiger partial charge in [-0.15, -0.1) is 0 Å². The molecule has 0 aliphatic heterocycles. The number of hydrogen-bond acceptors (Lipinski definition) is 2. The number of thioether (sulfide) groups is 1. The van der Waals surface area contributed by atoms with Gasteiger partial charge in [-0.2, -0.15) is 0 Å². The number of amidine groups is 1. The molecule has 0 atom stereocenters. The number of halogens is 1. The maximum absolute atomic E-state index is 6.07. The standard InChI is InChI=1S/C12H17ClN2S/c1-12(2,3)15-11(16-4)14-10-8-6-5-7-9(10)13/h5-8H,1-4H3,(H,14,15). The molecular formula is C12H17ClN2S. The lowest BCUT2D eigenvalue weighted by atomic mass is 10.1. The molecule has 0 heterocycles. The molecule has 0 saturated carbocycles. The molecule has 0 unspecified atom stereocenters. The van der Waals surface area contributed by atoms with E-state index in [0.29, 0.717) is 5.02 Å². The van der Waals surface area contributed by atoms with Gasteiger partial charge in [-0.25, -0.2) is 0 Å². The zero-order valence-electron chi connectivity index (χ0n) is 10.0. The van der Waals surface area contributed by atoms with Gasteiger partial charge in [0, 0.05) is 0 Å². The monoisotopic (exact) mass is 256 g/mol. The molecule has 0 saturated heterocycles. The van der Waals surface area contributed by atoms with Gasteiger partial charge in [-0.05, 0) is 39.2 Å². The summed E-state index contributed by atoms with van der Waals surface area (Å²) < 4.78 is 0. The van der Waals surface area contributed by atoms with E-state index < -0.39 is 0 Å². The normalized spacial score (nSPS) is 12.7. The van der Waals surface area contributed by atoms with Crippen LogP contribution in [0, 0.1) is 0 Å². The lowest BCUT2D eigenvalue weighted by molar-refractivity contribution is 0.585. The van der Waals surface area contributed by atoms with E-state index in [9.17, 15) is 0 Å². The number of nitrogens with zero attached hydrogens (tertiary/aromatic N) is 1. The van der Waals surface area contributed by atoms with Crippen LogP contribution in [0.5, 0.6) is 0 Å². The molecule has 0 fully saturated rings. The molecule has 1 rings (SSSR count). The van der Waals surface area contributed by atoms with Gasteiger partial charge in [0.15, 0.2) is 5.17 Å². The fourth-order valence-corrected chi connectivity index (χ4v) is 1.87. The van der Waals surface area contributed by atoms with Crippen molar-refractivity contribution < 1.29 is 0 Å². The van der Waals surface area contributed by atoms with Gasteiger partial charge < -0.3 is 5.32 Å². The van der Waals surface area contributed by atoms with Gasteiger partial charge >= 0.3 is 0 Å². The van der Waals surface area contributed by atoms with Gasteiger partial charge in [0.2, 0.25) is 0 Å². The van der Waals surface area contributed by atoms with Crippen molar-refractivity contribution in [1.29, 1.82) is 0 Å². The third kappa shape index (κ3) is 4.45. The highest BCUT2D eigenvalue weighted by atomic mass is 35.5. The Hall–Kier alpha value is -0.670. The number of rotatable bonds is 1. The second-order valence-electron chi connectivity index (χ2n) is 4.40. The van der Waals surface area contributed by atoms with Gasteiger partial charge in [0.25, 0.3) is 0 Å². The van der Waals surface area contributed by atoms with Crippen molar-refractivity contribution in [3.63, 3.8) is 0 Å². The SMILES string of the molecule is CS/C(=N/C(C)(C)C)Nc1ccccc1Cl. The second kappa shape index (κ2) is 5.60. The third-order valence-electron chi connectivity index (χ3n) is 1.75. The average molecular weight is 257 g/mol. The molecule has 1 aromatic rings. The van der Waals surface area contributed by atoms with E-state index in [-0.39, 0.29) is 5.54 Å². The van der Waals surface area contributed by atoms with Crippen LogP contribution in [0.15, 0.2) is 29.3 Å². The number of anilines is 1. The molecule has 88 valence electrons. The summed E-state index contributed by atoms with van der Waals surface area (Å²) in [4.78, 5) is 4.57. The summed E-state index contributed by atoms with van der Waals surface area (Å²) in [7, 11) is 0. The van der Waals surface area contributed by atoms with Crippen LogP contribution in [0.2, 0.25) is 5.02 Å². The molecule has 0 aromatic heterocycles. The first-order chi connectivity index (χ1) is 7.42. The van der Waals surface area contributed by atoms with Crippen molar-refractivity contribution >= 4 is 34.2 Å². The minimum Gasteiger partial charge on any atom is -0.334 e. The summed E-state index contributed by atoms with van der Waals surface area (Å²) in [6, 6.07) is 7.66. The zero-order chi connectivity index (χ0) is 12.2. The third-order valence-corrected chi connectivity index (χ3v) is 2.66. The minimum absolute atomic E-state index is 0.0907. The van der Waals surface area contributed by atoms with Crippen molar-refractivity contribution in [1.82, 2.24) is 0 Å². The molecule has 1 aromatic carbocycles. The van der Waals surface area contributed by atoms with E-state index in [0.717, 1.165) is 10.9 Å². The summed E-state index contributed by atoms with van der Waals surface area (Å²) in [6.45, 7) is 6.20. The van der Waals surface area contributed by atoms with Gasteiger partial charge in [-0.3, -0.25) is 4.99 Å². The van der Waals surface area contributed by atoms with Crippen LogP contribution >= 0.6 is 23.4 Å². The Balaban J connectivity index is 2.87. The molecule has 1 N–H and O–H groups in total. The van der Waals surface area contributed by atoms with E-state index in [1.165, 1.54) is 0 Å². The molecule has 0 radical (unpaired) electrons. The Morgan fingerprint density at radius 3 is 2.44 bits per heavy atom. The predicted molar refractivity (Wildman–Crippen MR) is 75.8 cm³/mol. The topological polar surface area (TPSA) is 24.4 Å². The minimum atomic E-state index is -0.0907. The van der Waals surface area contributed by atoms with E-state index in [1.807, 2.05) is 30.5 Å². The van der Waals surface area contributed by atoms with Crippen LogP contribution in [0.1, 0.15) is 20.8 Å². The number of nitrogens with one attached hydrogen (secondary N) is 1. The largest absolute Gasteiger partial charge is 0.334 e. The Morgan fingerprint density at radius 2 is 1.94 bits per heavy atom. The van der Waals surface area contributed by atoms with E-state index in [2.05, 4.69) is 31.1 Å². The maximum atomic E-state index is 6.07. The highest BCUT2D eigenvalue weighted by molar-refractivity contribution is 8.13. The molecule has 4 heteroatoms. The van der Waals surface area contributed by atoms with E-state index in [1.54, 1.807) is 11.8 Å². The summed E-state index contributed by atoms with van der Waals surface area (Å²) in [6.07, 6.45) is 1.99. The van der Waals surface area contributed by atoms with Crippen LogP contribution in [0.3, 0.4) is 0 Å². The fourth-order valence-electron chi connectivity index (χ4n) is 1.11. The molecule has 0 spiro atoms. The first kappa shape index (κ1) is 13.4. The molecule has 16 heavy (non-hydrogen) atoms. The van der Waals surface area contributed by atoms with Crippen molar-refractivity contribution in [2.24, 2.45) is 4.99 Å². The molecule has 0 aliphatic carbocycles. The van der Waals surface area contributed by atoms with Crippen molar-refractivity contribution in [3.05, 3.63) is 29.3 Å². The Kier molecular flexibility index (Phi) is 4.69.